The molecule has 1 fully saturated rings. The molecular formula is C19H28N2O8S. The van der Waals surface area contributed by atoms with Crippen LogP contribution >= 0.6 is 0 Å². The van der Waals surface area contributed by atoms with Gasteiger partial charge in [0.15, 0.2) is 14.6 Å². The van der Waals surface area contributed by atoms with Gasteiger partial charge < -0.3 is 9.47 Å². The van der Waals surface area contributed by atoms with Crippen LogP contribution < -0.4 is 10.2 Å². The Labute approximate surface area is 175 Å². The molecule has 30 heavy (non-hydrogen) atoms. The number of sulfone groups is 1. The van der Waals surface area contributed by atoms with Gasteiger partial charge in [-0.3, -0.25) is 19.6 Å². The van der Waals surface area contributed by atoms with Gasteiger partial charge in [-0.2, -0.15) is 0 Å². The average Bonchev–Trinajstić information content (AvgIpc) is 2.78. The lowest BCUT2D eigenvalue weighted by molar-refractivity contribution is -0.168. The Morgan fingerprint density at radius 1 is 1.20 bits per heavy atom. The predicted molar refractivity (Wildman–Crippen MR) is 105 cm³/mol. The summed E-state index contributed by atoms with van der Waals surface area (Å²) in [4.78, 5) is 28.6. The van der Waals surface area contributed by atoms with Gasteiger partial charge in [0, 0.05) is 26.7 Å². The maximum absolute atomic E-state index is 13.1. The normalized spacial score (nSPS) is 16.0. The Hall–Kier alpha value is -2.21. The smallest absolute Gasteiger partial charge is 0.265 e. The zero-order valence-corrected chi connectivity index (χ0v) is 17.9. The van der Waals surface area contributed by atoms with E-state index in [9.17, 15) is 18.0 Å². The molecule has 0 spiro atoms. The van der Waals surface area contributed by atoms with Crippen LogP contribution in [0.4, 0.5) is 0 Å². The van der Waals surface area contributed by atoms with Crippen molar-refractivity contribution in [1.82, 2.24) is 10.5 Å². The minimum atomic E-state index is -4.06. The molecule has 168 valence electrons. The standard InChI is InChI=1S/C19H28N2O8S/c1-21(27-2)17(22)5-3-4-12-29-15-6-8-16(9-7-15)30(25,26)19(18(23)20-24)10-13-28-14-11-19/h6-9,24H,3-5,10-14H2,1-2H3,(H,20,23). The van der Waals surface area contributed by atoms with Crippen molar-refractivity contribution in [3.05, 3.63) is 24.3 Å². The number of ether oxygens (including phenoxy) is 2. The Bertz CT molecular complexity index is 819. The molecule has 0 unspecified atom stereocenters. The van der Waals surface area contributed by atoms with Gasteiger partial charge in [0.2, 0.25) is 5.91 Å². The van der Waals surface area contributed by atoms with Crippen molar-refractivity contribution in [2.75, 3.05) is 34.0 Å². The quantitative estimate of drug-likeness (QED) is 0.311. The molecule has 1 aliphatic rings. The number of nitrogens with zero attached hydrogens (tertiary/aromatic N) is 1. The van der Waals surface area contributed by atoms with Crippen LogP contribution in [-0.4, -0.2) is 69.2 Å². The molecule has 1 saturated heterocycles. The van der Waals surface area contributed by atoms with Crippen molar-refractivity contribution < 1.29 is 37.5 Å². The zero-order chi connectivity index (χ0) is 22.2. The highest BCUT2D eigenvalue weighted by Gasteiger charge is 2.52. The minimum Gasteiger partial charge on any atom is -0.494 e. The van der Waals surface area contributed by atoms with Gasteiger partial charge in [0.1, 0.15) is 5.75 Å². The van der Waals surface area contributed by atoms with Crippen molar-refractivity contribution in [3.63, 3.8) is 0 Å². The number of carbonyl (C=O) groups is 2. The highest BCUT2D eigenvalue weighted by Crippen LogP contribution is 2.35. The Balaban J connectivity index is 1.97. The Morgan fingerprint density at radius 3 is 2.40 bits per heavy atom. The molecule has 2 rings (SSSR count). The van der Waals surface area contributed by atoms with Crippen LogP contribution in [0.25, 0.3) is 0 Å². The lowest BCUT2D eigenvalue weighted by Gasteiger charge is -2.34. The lowest BCUT2D eigenvalue weighted by atomic mass is 9.98. The number of hydrogen-bond donors (Lipinski definition) is 2. The topological polar surface area (TPSA) is 131 Å². The second kappa shape index (κ2) is 10.7. The molecule has 1 heterocycles. The third-order valence-electron chi connectivity index (χ3n) is 5.14. The number of carbonyl (C=O) groups excluding carboxylic acids is 2. The van der Waals surface area contributed by atoms with Crippen molar-refractivity contribution in [3.8, 4) is 5.75 Å². The van der Waals surface area contributed by atoms with Crippen LogP contribution in [0.5, 0.6) is 5.75 Å². The summed E-state index contributed by atoms with van der Waals surface area (Å²) in [5.41, 5.74) is 1.49. The first-order chi connectivity index (χ1) is 14.3. The molecule has 0 aliphatic carbocycles. The van der Waals surface area contributed by atoms with Gasteiger partial charge in [-0.05, 0) is 49.9 Å². The predicted octanol–water partition coefficient (Wildman–Crippen LogP) is 1.08. The number of hydrogen-bond acceptors (Lipinski definition) is 8. The largest absolute Gasteiger partial charge is 0.494 e. The zero-order valence-electron chi connectivity index (χ0n) is 17.1. The fourth-order valence-electron chi connectivity index (χ4n) is 3.19. The first kappa shape index (κ1) is 24.1. The van der Waals surface area contributed by atoms with E-state index < -0.39 is 20.5 Å². The lowest BCUT2D eigenvalue weighted by Crippen LogP contribution is -2.54. The molecule has 0 bridgehead atoms. The summed E-state index contributed by atoms with van der Waals surface area (Å²) in [5, 5.41) is 10.2. The van der Waals surface area contributed by atoms with Crippen LogP contribution in [-0.2, 0) is 29.0 Å². The monoisotopic (exact) mass is 444 g/mol. The molecule has 1 aromatic carbocycles. The summed E-state index contributed by atoms with van der Waals surface area (Å²) in [7, 11) is -1.10. The molecule has 0 atom stereocenters. The summed E-state index contributed by atoms with van der Waals surface area (Å²) in [6.07, 6.45) is 1.51. The molecule has 0 saturated carbocycles. The number of hydroxylamine groups is 3. The van der Waals surface area contributed by atoms with Gasteiger partial charge in [0.05, 0.1) is 18.6 Å². The van der Waals surface area contributed by atoms with E-state index in [4.69, 9.17) is 19.5 Å². The summed E-state index contributed by atoms with van der Waals surface area (Å²) >= 11 is 0. The van der Waals surface area contributed by atoms with Crippen LogP contribution in [0.15, 0.2) is 29.2 Å². The second-order valence-corrected chi connectivity index (χ2v) is 9.16. The first-order valence-electron chi connectivity index (χ1n) is 9.59. The van der Waals surface area contributed by atoms with Crippen LogP contribution in [0.1, 0.15) is 32.1 Å². The Kier molecular flexibility index (Phi) is 8.59. The maximum Gasteiger partial charge on any atom is 0.265 e. The average molecular weight is 445 g/mol. The van der Waals surface area contributed by atoms with Crippen molar-refractivity contribution in [2.45, 2.75) is 41.7 Å². The number of unbranched alkanes of at least 4 members (excludes halogenated alkanes) is 1. The molecule has 11 heteroatoms. The van der Waals surface area contributed by atoms with Crippen LogP contribution in [0, 0.1) is 0 Å². The van der Waals surface area contributed by atoms with E-state index in [1.54, 1.807) is 7.05 Å². The van der Waals surface area contributed by atoms with Gasteiger partial charge in [-0.15, -0.1) is 0 Å². The van der Waals surface area contributed by atoms with E-state index >= 15 is 0 Å². The third kappa shape index (κ3) is 5.28. The minimum absolute atomic E-state index is 0.0338. The molecule has 10 nitrogen and oxygen atoms in total. The summed E-state index contributed by atoms with van der Waals surface area (Å²) in [6, 6.07) is 5.79. The summed E-state index contributed by atoms with van der Waals surface area (Å²) < 4.78 is 35.3. The summed E-state index contributed by atoms with van der Waals surface area (Å²) in [5.74, 6) is -0.609. The molecule has 1 aliphatic heterocycles. The van der Waals surface area contributed by atoms with E-state index in [1.165, 1.54) is 41.9 Å². The fourth-order valence-corrected chi connectivity index (χ4v) is 5.13. The summed E-state index contributed by atoms with van der Waals surface area (Å²) in [6.45, 7) is 0.581. The Morgan fingerprint density at radius 2 is 1.83 bits per heavy atom. The first-order valence-corrected chi connectivity index (χ1v) is 11.1. The van der Waals surface area contributed by atoms with Gasteiger partial charge >= 0.3 is 0 Å². The fraction of sp³-hybridized carbons (Fsp3) is 0.579. The molecule has 2 N–H and O–H groups in total. The molecule has 1 aromatic rings. The van der Waals surface area contributed by atoms with E-state index in [0.29, 0.717) is 31.6 Å². The molecule has 0 radical (unpaired) electrons. The van der Waals surface area contributed by atoms with E-state index in [-0.39, 0.29) is 36.9 Å². The highest BCUT2D eigenvalue weighted by atomic mass is 32.2. The van der Waals surface area contributed by atoms with Crippen LogP contribution in [0.2, 0.25) is 0 Å². The van der Waals surface area contributed by atoms with Gasteiger partial charge in [-0.25, -0.2) is 19.0 Å². The van der Waals surface area contributed by atoms with Crippen molar-refractivity contribution in [1.29, 1.82) is 0 Å². The van der Waals surface area contributed by atoms with Crippen LogP contribution in [0.3, 0.4) is 0 Å². The SMILES string of the molecule is CON(C)C(=O)CCCCOc1ccc(S(=O)(=O)C2(C(=O)NO)CCOCC2)cc1. The number of nitrogens with one attached hydrogen (secondary N) is 1. The van der Waals surface area contributed by atoms with Gasteiger partial charge in [-0.1, -0.05) is 0 Å². The van der Waals surface area contributed by atoms with E-state index in [1.807, 2.05) is 0 Å². The van der Waals surface area contributed by atoms with E-state index in [0.717, 1.165) is 0 Å². The van der Waals surface area contributed by atoms with Crippen molar-refractivity contribution in [2.24, 2.45) is 0 Å². The third-order valence-corrected chi connectivity index (χ3v) is 7.66. The second-order valence-electron chi connectivity index (χ2n) is 6.90. The molecular weight excluding hydrogens is 416 g/mol. The number of benzene rings is 1. The maximum atomic E-state index is 13.1. The molecule has 2 amide bonds. The van der Waals surface area contributed by atoms with E-state index in [2.05, 4.69) is 0 Å². The molecule has 0 aromatic heterocycles. The van der Waals surface area contributed by atoms with Gasteiger partial charge in [0.25, 0.3) is 5.91 Å². The number of amides is 2. The highest BCUT2D eigenvalue weighted by molar-refractivity contribution is 7.93. The van der Waals surface area contributed by atoms with Crippen molar-refractivity contribution >= 4 is 21.7 Å². The number of rotatable bonds is 10.